The number of aliphatic hydroxyl groups is 2. The molecule has 0 radical (unpaired) electrons. The molecule has 0 aromatic heterocycles. The van der Waals surface area contributed by atoms with Crippen LogP contribution < -0.4 is 0 Å². The predicted octanol–water partition coefficient (Wildman–Crippen LogP) is 0.246. The first-order valence-electron chi connectivity index (χ1n) is 6.22. The molecule has 0 spiro atoms. The Morgan fingerprint density at radius 3 is 2.26 bits per heavy atom. The van der Waals surface area contributed by atoms with Crippen molar-refractivity contribution in [3.8, 4) is 0 Å². The van der Waals surface area contributed by atoms with Crippen LogP contribution in [-0.2, 0) is 4.76 Å². The van der Waals surface area contributed by atoms with Crippen molar-refractivity contribution in [2.75, 3.05) is 26.3 Å². The number of benzene rings is 1. The van der Waals surface area contributed by atoms with Gasteiger partial charge in [-0.05, 0) is 12.5 Å². The average Bonchev–Trinajstić information content (AvgIpc) is 2.39. The van der Waals surface area contributed by atoms with Gasteiger partial charge in [0.05, 0.1) is 13.2 Å². The van der Waals surface area contributed by atoms with Crippen molar-refractivity contribution >= 4 is 13.2 Å². The lowest BCUT2D eigenvalue weighted by Crippen LogP contribution is -2.35. The van der Waals surface area contributed by atoms with Crippen LogP contribution in [0.2, 0.25) is 0 Å². The molecule has 1 rings (SSSR count). The fourth-order valence-corrected chi connectivity index (χ4v) is 1.50. The van der Waals surface area contributed by atoms with Crippen molar-refractivity contribution in [1.82, 2.24) is 5.06 Å². The number of nitrogens with zero attached hydrogens (tertiary/aromatic N) is 1. The monoisotopic (exact) mass is 265 g/mol. The molecule has 5 nitrogen and oxygen atoms in total. The lowest BCUT2D eigenvalue weighted by molar-refractivity contribution is -0.0899. The van der Waals surface area contributed by atoms with E-state index in [0.29, 0.717) is 0 Å². The zero-order valence-corrected chi connectivity index (χ0v) is 11.1. The molecule has 0 aliphatic rings. The molecule has 0 fully saturated rings. The van der Waals surface area contributed by atoms with Gasteiger partial charge in [0.1, 0.15) is 0 Å². The number of aryl methyl sites for hydroxylation is 1. The van der Waals surface area contributed by atoms with Crippen LogP contribution in [0.25, 0.3) is 6.08 Å². The normalized spacial score (nSPS) is 11.4. The summed E-state index contributed by atoms with van der Waals surface area (Å²) in [7, 11) is -1.11. The second-order valence-corrected chi connectivity index (χ2v) is 4.14. The van der Waals surface area contributed by atoms with Gasteiger partial charge < -0.3 is 20.0 Å². The third-order valence-corrected chi connectivity index (χ3v) is 2.49. The minimum absolute atomic E-state index is 0.103. The molecule has 1 aromatic rings. The lowest BCUT2D eigenvalue weighted by Gasteiger charge is -2.20. The van der Waals surface area contributed by atoms with Gasteiger partial charge in [0.15, 0.2) is 0 Å². The quantitative estimate of drug-likeness (QED) is 0.464. The highest BCUT2D eigenvalue weighted by Crippen LogP contribution is 2.05. The standard InChI is InChI=1S/C13H20BNO4/c1-12-2-4-13(5-3-12)6-7-14(18)19-15(8-10-16)9-11-17/h2-7,16-18H,8-11H2,1H3. The van der Waals surface area contributed by atoms with Crippen molar-refractivity contribution in [3.05, 3.63) is 41.4 Å². The molecule has 0 unspecified atom stereocenters. The van der Waals surface area contributed by atoms with Gasteiger partial charge in [0, 0.05) is 13.1 Å². The Labute approximate surface area is 113 Å². The fraction of sp³-hybridized carbons (Fsp3) is 0.385. The fourth-order valence-electron chi connectivity index (χ4n) is 1.50. The Morgan fingerprint density at radius 1 is 1.16 bits per heavy atom. The van der Waals surface area contributed by atoms with Gasteiger partial charge in [0.2, 0.25) is 0 Å². The van der Waals surface area contributed by atoms with E-state index in [4.69, 9.17) is 15.0 Å². The van der Waals surface area contributed by atoms with Gasteiger partial charge in [-0.1, -0.05) is 41.9 Å². The van der Waals surface area contributed by atoms with Crippen LogP contribution in [0.1, 0.15) is 11.1 Å². The Kier molecular flexibility index (Phi) is 7.39. The second kappa shape index (κ2) is 8.85. The second-order valence-electron chi connectivity index (χ2n) is 4.14. The van der Waals surface area contributed by atoms with Crippen LogP contribution in [0.4, 0.5) is 0 Å². The molecule has 0 saturated heterocycles. The summed E-state index contributed by atoms with van der Waals surface area (Å²) in [5, 5.41) is 28.6. The van der Waals surface area contributed by atoms with E-state index >= 15 is 0 Å². The largest absolute Gasteiger partial charge is 0.500 e. The van der Waals surface area contributed by atoms with E-state index in [0.717, 1.165) is 5.56 Å². The van der Waals surface area contributed by atoms with Gasteiger partial charge in [0.25, 0.3) is 0 Å². The Bertz CT molecular complexity index is 377. The maximum Gasteiger partial charge on any atom is 0.500 e. The van der Waals surface area contributed by atoms with Crippen LogP contribution in [0.5, 0.6) is 0 Å². The maximum absolute atomic E-state index is 9.67. The van der Waals surface area contributed by atoms with Gasteiger partial charge in [-0.3, -0.25) is 0 Å². The molecule has 6 heteroatoms. The highest BCUT2D eigenvalue weighted by atomic mass is 16.7. The first kappa shape index (κ1) is 15.9. The van der Waals surface area contributed by atoms with E-state index < -0.39 is 7.12 Å². The van der Waals surface area contributed by atoms with Crippen LogP contribution in [0.15, 0.2) is 30.2 Å². The van der Waals surface area contributed by atoms with Crippen molar-refractivity contribution in [1.29, 1.82) is 0 Å². The summed E-state index contributed by atoms with van der Waals surface area (Å²) in [6, 6.07) is 7.85. The zero-order valence-electron chi connectivity index (χ0n) is 11.1. The third kappa shape index (κ3) is 6.51. The summed E-state index contributed by atoms with van der Waals surface area (Å²) in [5.41, 5.74) is 2.13. The molecule has 0 atom stereocenters. The SMILES string of the molecule is Cc1ccc(C=CB(O)ON(CCO)CCO)cc1. The van der Waals surface area contributed by atoms with Crippen LogP contribution in [0, 0.1) is 6.92 Å². The molecule has 0 amide bonds. The van der Waals surface area contributed by atoms with Crippen LogP contribution in [-0.4, -0.2) is 53.7 Å². The summed E-state index contributed by atoms with van der Waals surface area (Å²) < 4.78 is 5.16. The predicted molar refractivity (Wildman–Crippen MR) is 75.0 cm³/mol. The molecule has 0 heterocycles. The summed E-state index contributed by atoms with van der Waals surface area (Å²) in [5.74, 6) is 1.51. The summed E-state index contributed by atoms with van der Waals surface area (Å²) in [6.45, 7) is 2.27. The topological polar surface area (TPSA) is 73.2 Å². The number of rotatable bonds is 8. The lowest BCUT2D eigenvalue weighted by atomic mass is 9.90. The highest BCUT2D eigenvalue weighted by molar-refractivity contribution is 6.50. The first-order valence-corrected chi connectivity index (χ1v) is 6.22. The number of hydrogen-bond acceptors (Lipinski definition) is 5. The minimum atomic E-state index is -1.11. The van der Waals surface area contributed by atoms with Crippen molar-refractivity contribution < 1.29 is 20.0 Å². The van der Waals surface area contributed by atoms with Gasteiger partial charge >= 0.3 is 7.12 Å². The van der Waals surface area contributed by atoms with E-state index in [-0.39, 0.29) is 26.3 Å². The van der Waals surface area contributed by atoms with E-state index in [1.807, 2.05) is 31.2 Å². The number of hydroxylamine groups is 2. The summed E-state index contributed by atoms with van der Waals surface area (Å²) in [4.78, 5) is 0. The first-order chi connectivity index (χ1) is 9.15. The smallest absolute Gasteiger partial charge is 0.423 e. The van der Waals surface area contributed by atoms with Crippen LogP contribution >= 0.6 is 0 Å². The molecule has 1 aromatic carbocycles. The molecular weight excluding hydrogens is 245 g/mol. The summed E-state index contributed by atoms with van der Waals surface area (Å²) >= 11 is 0. The van der Waals surface area contributed by atoms with E-state index in [1.54, 1.807) is 6.08 Å². The maximum atomic E-state index is 9.67. The zero-order chi connectivity index (χ0) is 14.1. The highest BCUT2D eigenvalue weighted by Gasteiger charge is 2.14. The van der Waals surface area contributed by atoms with E-state index in [9.17, 15) is 5.02 Å². The molecule has 3 N–H and O–H groups in total. The number of hydrogen-bond donors (Lipinski definition) is 3. The van der Waals surface area contributed by atoms with Crippen molar-refractivity contribution in [2.45, 2.75) is 6.92 Å². The third-order valence-electron chi connectivity index (χ3n) is 2.49. The molecule has 0 aliphatic heterocycles. The molecule has 0 aliphatic carbocycles. The molecule has 0 bridgehead atoms. The van der Waals surface area contributed by atoms with E-state index in [1.165, 1.54) is 16.6 Å². The summed E-state index contributed by atoms with van der Waals surface area (Å²) in [6.07, 6.45) is 1.75. The van der Waals surface area contributed by atoms with Gasteiger partial charge in [-0.15, -0.1) is 0 Å². The van der Waals surface area contributed by atoms with Gasteiger partial charge in [-0.2, -0.15) is 5.06 Å². The van der Waals surface area contributed by atoms with E-state index in [2.05, 4.69) is 0 Å². The molecule has 104 valence electrons. The van der Waals surface area contributed by atoms with Crippen molar-refractivity contribution in [2.24, 2.45) is 0 Å². The molecule has 0 saturated carbocycles. The average molecular weight is 265 g/mol. The molecule has 19 heavy (non-hydrogen) atoms. The Hall–Kier alpha value is -1.18. The van der Waals surface area contributed by atoms with Crippen LogP contribution in [0.3, 0.4) is 0 Å². The Morgan fingerprint density at radius 2 is 1.74 bits per heavy atom. The minimum Gasteiger partial charge on any atom is -0.423 e. The molecular formula is C13H20BNO4. The Balaban J connectivity index is 2.48. The van der Waals surface area contributed by atoms with Gasteiger partial charge in [-0.25, -0.2) is 0 Å². The number of aliphatic hydroxyl groups excluding tert-OH is 2. The van der Waals surface area contributed by atoms with Crippen molar-refractivity contribution in [3.63, 3.8) is 0 Å².